The van der Waals surface area contributed by atoms with Crippen molar-refractivity contribution in [2.75, 3.05) is 6.54 Å². The van der Waals surface area contributed by atoms with Gasteiger partial charge < -0.3 is 14.7 Å². The molecule has 1 unspecified atom stereocenters. The van der Waals surface area contributed by atoms with Crippen molar-refractivity contribution in [3.05, 3.63) is 35.4 Å². The number of hydrogen-bond acceptors (Lipinski definition) is 3. The van der Waals surface area contributed by atoms with Gasteiger partial charge in [-0.15, -0.1) is 0 Å². The lowest BCUT2D eigenvalue weighted by atomic mass is 9.77. The first kappa shape index (κ1) is 12.4. The van der Waals surface area contributed by atoms with Crippen LogP contribution in [0.3, 0.4) is 0 Å². The smallest absolute Gasteiger partial charge is 0.318 e. The third kappa shape index (κ3) is 1.58. The van der Waals surface area contributed by atoms with E-state index >= 15 is 0 Å². The molecule has 3 aliphatic rings. The maximum Gasteiger partial charge on any atom is 0.318 e. The fourth-order valence-electron chi connectivity index (χ4n) is 4.52. The van der Waals surface area contributed by atoms with E-state index < -0.39 is 6.10 Å². The van der Waals surface area contributed by atoms with E-state index in [1.54, 1.807) is 0 Å². The van der Waals surface area contributed by atoms with Crippen LogP contribution >= 0.6 is 0 Å². The summed E-state index contributed by atoms with van der Waals surface area (Å²) in [7, 11) is 0. The number of esters is 1. The normalized spacial score (nSPS) is 42.4. The van der Waals surface area contributed by atoms with E-state index in [2.05, 4.69) is 24.3 Å². The van der Waals surface area contributed by atoms with Crippen LogP contribution in [0.25, 0.3) is 0 Å². The lowest BCUT2D eigenvalue weighted by Gasteiger charge is -2.45. The zero-order chi connectivity index (χ0) is 13.9. The van der Waals surface area contributed by atoms with Crippen LogP contribution in [0.2, 0.25) is 0 Å². The van der Waals surface area contributed by atoms with Crippen molar-refractivity contribution in [2.45, 2.75) is 44.1 Å². The van der Waals surface area contributed by atoms with Crippen LogP contribution in [-0.2, 0) is 16.0 Å². The lowest BCUT2D eigenvalue weighted by molar-refractivity contribution is -0.968. The molecule has 2 N–H and O–H groups in total. The van der Waals surface area contributed by atoms with Gasteiger partial charge in [-0.05, 0) is 12.5 Å². The Morgan fingerprint density at radius 1 is 1.35 bits per heavy atom. The van der Waals surface area contributed by atoms with Crippen molar-refractivity contribution in [1.29, 1.82) is 0 Å². The van der Waals surface area contributed by atoms with E-state index in [0.717, 1.165) is 13.0 Å². The summed E-state index contributed by atoms with van der Waals surface area (Å²) in [4.78, 5) is 13.4. The number of fused-ring (bicyclic) bond motifs is 5. The number of nitrogens with one attached hydrogen (secondary N) is 1. The third-order valence-electron chi connectivity index (χ3n) is 5.35. The summed E-state index contributed by atoms with van der Waals surface area (Å²) in [5.41, 5.74) is 2.74. The Bertz CT molecular complexity index is 558. The topological polar surface area (TPSA) is 51.0 Å². The molecule has 4 nitrogen and oxygen atoms in total. The summed E-state index contributed by atoms with van der Waals surface area (Å²) in [5, 5.41) is 10.4. The van der Waals surface area contributed by atoms with Crippen molar-refractivity contribution in [3.8, 4) is 0 Å². The molecule has 0 radical (unpaired) electrons. The molecular weight excluding hydrogens is 254 g/mol. The first-order valence-electron chi connectivity index (χ1n) is 7.49. The van der Waals surface area contributed by atoms with Gasteiger partial charge in [0.05, 0.1) is 12.6 Å². The Labute approximate surface area is 118 Å². The highest BCUT2D eigenvalue weighted by Crippen LogP contribution is 2.35. The molecule has 0 aliphatic carbocycles. The molecule has 3 heterocycles. The van der Waals surface area contributed by atoms with Gasteiger partial charge in [-0.1, -0.05) is 24.3 Å². The second kappa shape index (κ2) is 4.30. The van der Waals surface area contributed by atoms with E-state index in [0.29, 0.717) is 12.5 Å². The maximum absolute atomic E-state index is 12.0. The Kier molecular flexibility index (Phi) is 2.66. The molecule has 1 aromatic rings. The molecule has 4 heteroatoms. The summed E-state index contributed by atoms with van der Waals surface area (Å²) >= 11 is 0. The molecule has 2 fully saturated rings. The molecule has 0 amide bonds. The van der Waals surface area contributed by atoms with Gasteiger partial charge in [0.25, 0.3) is 0 Å². The Hall–Kier alpha value is -1.39. The van der Waals surface area contributed by atoms with E-state index in [1.807, 2.05) is 6.92 Å². The maximum atomic E-state index is 12.0. The fraction of sp³-hybridized carbons (Fsp3) is 0.562. The van der Waals surface area contributed by atoms with Gasteiger partial charge in [0.1, 0.15) is 18.0 Å². The number of benzene rings is 1. The second-order valence-electron chi connectivity index (χ2n) is 6.32. The predicted molar refractivity (Wildman–Crippen MR) is 72.2 cm³/mol. The van der Waals surface area contributed by atoms with Gasteiger partial charge in [0, 0.05) is 18.4 Å². The number of hydrogen-bond donors (Lipinski definition) is 2. The summed E-state index contributed by atoms with van der Waals surface area (Å²) in [5.74, 6) is -0.540. The predicted octanol–water partition coefficient (Wildman–Crippen LogP) is -0.137. The van der Waals surface area contributed by atoms with Crippen LogP contribution in [0.4, 0.5) is 0 Å². The van der Waals surface area contributed by atoms with Crippen LogP contribution in [0.5, 0.6) is 0 Å². The molecule has 0 spiro atoms. The minimum Gasteiger partial charge on any atom is -0.456 e. The second-order valence-corrected chi connectivity index (χ2v) is 6.32. The highest BCUT2D eigenvalue weighted by molar-refractivity contribution is 5.76. The van der Waals surface area contributed by atoms with E-state index in [9.17, 15) is 9.90 Å². The van der Waals surface area contributed by atoms with Gasteiger partial charge in [0.15, 0.2) is 6.10 Å². The molecule has 106 valence electrons. The highest BCUT2D eigenvalue weighted by Gasteiger charge is 2.58. The molecule has 0 bridgehead atoms. The molecule has 6 atom stereocenters. The van der Waals surface area contributed by atoms with Crippen LogP contribution < -0.4 is 4.90 Å². The van der Waals surface area contributed by atoms with E-state index in [-0.39, 0.29) is 24.0 Å². The molecular formula is C16H20NO3+. The summed E-state index contributed by atoms with van der Waals surface area (Å²) in [6.45, 7) is 2.99. The Balaban J connectivity index is 1.76. The number of rotatable bonds is 0. The number of carbonyl (C=O) groups is 1. The largest absolute Gasteiger partial charge is 0.456 e. The number of carbonyl (C=O) groups excluding carboxylic acids is 1. The van der Waals surface area contributed by atoms with Crippen molar-refractivity contribution in [3.63, 3.8) is 0 Å². The Morgan fingerprint density at radius 2 is 2.15 bits per heavy atom. The number of ether oxygens (including phenoxy) is 1. The number of aliphatic hydroxyl groups is 1. The van der Waals surface area contributed by atoms with Gasteiger partial charge >= 0.3 is 5.97 Å². The summed E-state index contributed by atoms with van der Waals surface area (Å²) < 4.78 is 5.40. The molecule has 20 heavy (non-hydrogen) atoms. The third-order valence-corrected chi connectivity index (χ3v) is 5.35. The van der Waals surface area contributed by atoms with Gasteiger partial charge in [-0.3, -0.25) is 4.79 Å². The molecule has 3 aliphatic heterocycles. The standard InChI is InChI=1S/C16H19NO3/c1-9-15-14(16(19)20-9)13(18)8-12-11-5-3-2-4-10(11)6-7-17(12)15/h2-5,9,12-15,18H,6-8H2,1H3/p+1/t9-,12-,13+,14-,15-/m0/s1. The van der Waals surface area contributed by atoms with Gasteiger partial charge in [0.2, 0.25) is 0 Å². The molecule has 0 aromatic heterocycles. The number of aliphatic hydroxyl groups excluding tert-OH is 1. The first-order valence-corrected chi connectivity index (χ1v) is 7.49. The number of piperidine rings is 1. The number of cyclic esters (lactones) is 1. The molecule has 0 saturated carbocycles. The van der Waals surface area contributed by atoms with Gasteiger partial charge in [-0.2, -0.15) is 0 Å². The van der Waals surface area contributed by atoms with Crippen molar-refractivity contribution < 1.29 is 19.5 Å². The van der Waals surface area contributed by atoms with Crippen molar-refractivity contribution in [1.82, 2.24) is 0 Å². The van der Waals surface area contributed by atoms with Gasteiger partial charge in [-0.25, -0.2) is 0 Å². The molecule has 1 aromatic carbocycles. The van der Waals surface area contributed by atoms with Crippen LogP contribution in [0.1, 0.15) is 30.5 Å². The fourth-order valence-corrected chi connectivity index (χ4v) is 4.52. The number of quaternary nitrogens is 1. The SMILES string of the molecule is C[C@@H]1OC(=O)[C@@H]2[C@H]1[NH+]1CCc3ccccc3[C@@H]1C[C@H]2O. The first-order chi connectivity index (χ1) is 9.66. The Morgan fingerprint density at radius 3 is 3.00 bits per heavy atom. The van der Waals surface area contributed by atoms with Crippen LogP contribution in [0, 0.1) is 5.92 Å². The monoisotopic (exact) mass is 274 g/mol. The quantitative estimate of drug-likeness (QED) is 0.648. The average molecular weight is 274 g/mol. The van der Waals surface area contributed by atoms with Crippen molar-refractivity contribution in [2.24, 2.45) is 5.92 Å². The molecule has 2 saturated heterocycles. The van der Waals surface area contributed by atoms with Crippen molar-refractivity contribution >= 4 is 5.97 Å². The lowest BCUT2D eigenvalue weighted by Crippen LogP contribution is -3.20. The van der Waals surface area contributed by atoms with E-state index in [4.69, 9.17) is 4.74 Å². The van der Waals surface area contributed by atoms with Crippen LogP contribution in [-0.4, -0.2) is 35.9 Å². The summed E-state index contributed by atoms with van der Waals surface area (Å²) in [6, 6.07) is 8.91. The van der Waals surface area contributed by atoms with E-state index in [1.165, 1.54) is 16.0 Å². The zero-order valence-corrected chi connectivity index (χ0v) is 11.6. The van der Waals surface area contributed by atoms with Crippen LogP contribution in [0.15, 0.2) is 24.3 Å². The minimum atomic E-state index is -0.572. The highest BCUT2D eigenvalue weighted by atomic mass is 16.6. The minimum absolute atomic E-state index is 0.0924. The average Bonchev–Trinajstić information content (AvgIpc) is 2.75. The molecule has 4 rings (SSSR count). The summed E-state index contributed by atoms with van der Waals surface area (Å²) in [6.07, 6.45) is 1.04. The zero-order valence-electron chi connectivity index (χ0n) is 11.6.